The van der Waals surface area contributed by atoms with Gasteiger partial charge in [-0.15, -0.1) is 0 Å². The van der Waals surface area contributed by atoms with Gasteiger partial charge in [0.1, 0.15) is 0 Å². The molecule has 0 radical (unpaired) electrons. The van der Waals surface area contributed by atoms with E-state index in [1.807, 2.05) is 30.0 Å². The first kappa shape index (κ1) is 12.2. The lowest BCUT2D eigenvalue weighted by Gasteiger charge is -1.98. The van der Waals surface area contributed by atoms with Crippen LogP contribution in [-0.2, 0) is 6.42 Å². The summed E-state index contributed by atoms with van der Waals surface area (Å²) in [7, 11) is -2.04. The van der Waals surface area contributed by atoms with Crippen molar-refractivity contribution >= 4 is 9.13 Å². The monoisotopic (exact) mass is 222 g/mol. The first-order valence-electron chi connectivity index (χ1n) is 5.67. The van der Waals surface area contributed by atoms with E-state index in [0.29, 0.717) is 0 Å². The minimum atomic E-state index is -2.04. The molecule has 1 atom stereocenters. The Kier molecular flexibility index (Phi) is 6.01. The molecule has 0 N–H and O–H groups in total. The average Bonchev–Trinajstić information content (AvgIpc) is 2.28. The zero-order chi connectivity index (χ0) is 10.9. The summed E-state index contributed by atoms with van der Waals surface area (Å²) >= 11 is 0. The van der Waals surface area contributed by atoms with E-state index >= 15 is 0 Å². The maximum Gasteiger partial charge on any atom is 0.255 e. The molecule has 1 unspecified atom stereocenters. The molecular formula is C13H19FSi. The molecule has 0 saturated carbocycles. The Morgan fingerprint density at radius 3 is 2.67 bits per heavy atom. The standard InChI is InChI=1S/C13H19FSi/c1-2-3-11-15(14)12-7-10-13-8-5-4-6-9-13/h4-9,12,15H,2-3,10-11H2,1H3. The lowest BCUT2D eigenvalue weighted by molar-refractivity contribution is 0.789. The Labute approximate surface area is 93.6 Å². The van der Waals surface area contributed by atoms with Crippen LogP contribution in [0.4, 0.5) is 4.11 Å². The molecule has 1 aromatic carbocycles. The lowest BCUT2D eigenvalue weighted by atomic mass is 10.2. The van der Waals surface area contributed by atoms with Crippen LogP contribution in [0, 0.1) is 0 Å². The molecular weight excluding hydrogens is 203 g/mol. The summed E-state index contributed by atoms with van der Waals surface area (Å²) in [6.45, 7) is 2.11. The fourth-order valence-corrected chi connectivity index (χ4v) is 2.88. The van der Waals surface area contributed by atoms with Crippen molar-refractivity contribution in [3.8, 4) is 0 Å². The largest absolute Gasteiger partial charge is 0.313 e. The van der Waals surface area contributed by atoms with Gasteiger partial charge in [-0.2, -0.15) is 0 Å². The normalized spacial score (nSPS) is 13.2. The van der Waals surface area contributed by atoms with E-state index in [9.17, 15) is 4.11 Å². The topological polar surface area (TPSA) is 0 Å². The van der Waals surface area contributed by atoms with Gasteiger partial charge in [0, 0.05) is 0 Å². The third-order valence-corrected chi connectivity index (χ3v) is 4.02. The van der Waals surface area contributed by atoms with Gasteiger partial charge in [-0.3, -0.25) is 0 Å². The number of unbranched alkanes of at least 4 members (excludes halogenated alkanes) is 1. The highest BCUT2D eigenvalue weighted by Gasteiger charge is 2.02. The Hall–Kier alpha value is -0.893. The molecule has 82 valence electrons. The van der Waals surface area contributed by atoms with Gasteiger partial charge in [-0.05, 0) is 18.0 Å². The van der Waals surface area contributed by atoms with Crippen LogP contribution in [0.1, 0.15) is 25.3 Å². The second-order valence-electron chi connectivity index (χ2n) is 3.78. The third-order valence-electron chi connectivity index (χ3n) is 2.37. The van der Waals surface area contributed by atoms with Crippen LogP contribution < -0.4 is 0 Å². The number of hydrogen-bond donors (Lipinski definition) is 0. The fraction of sp³-hybridized carbons (Fsp3) is 0.385. The van der Waals surface area contributed by atoms with Crippen LogP contribution in [0.3, 0.4) is 0 Å². The molecule has 0 heterocycles. The lowest BCUT2D eigenvalue weighted by Crippen LogP contribution is -2.00. The smallest absolute Gasteiger partial charge is 0.255 e. The summed E-state index contributed by atoms with van der Waals surface area (Å²) in [4.78, 5) is 0. The molecule has 0 saturated heterocycles. The molecule has 0 aliphatic carbocycles. The molecule has 2 heteroatoms. The van der Waals surface area contributed by atoms with Crippen LogP contribution in [-0.4, -0.2) is 9.13 Å². The molecule has 15 heavy (non-hydrogen) atoms. The second-order valence-corrected chi connectivity index (χ2v) is 5.77. The van der Waals surface area contributed by atoms with Crippen molar-refractivity contribution in [3.05, 3.63) is 47.7 Å². The molecule has 1 rings (SSSR count). The molecule has 0 aromatic heterocycles. The van der Waals surface area contributed by atoms with Gasteiger partial charge in [-0.1, -0.05) is 61.9 Å². The van der Waals surface area contributed by atoms with E-state index in [2.05, 4.69) is 19.1 Å². The molecule has 0 fully saturated rings. The van der Waals surface area contributed by atoms with Gasteiger partial charge in [0.25, 0.3) is 9.13 Å². The summed E-state index contributed by atoms with van der Waals surface area (Å²) in [6.07, 6.45) is 4.98. The zero-order valence-electron chi connectivity index (χ0n) is 9.33. The number of rotatable bonds is 6. The quantitative estimate of drug-likeness (QED) is 0.507. The van der Waals surface area contributed by atoms with Gasteiger partial charge in [0.05, 0.1) is 0 Å². The summed E-state index contributed by atoms with van der Waals surface area (Å²) in [5.41, 5.74) is 3.08. The number of allylic oxidation sites excluding steroid dienone is 1. The van der Waals surface area contributed by atoms with Crippen LogP contribution in [0.2, 0.25) is 6.04 Å². The van der Waals surface area contributed by atoms with Crippen molar-refractivity contribution in [1.29, 1.82) is 0 Å². The van der Waals surface area contributed by atoms with Crippen molar-refractivity contribution in [2.45, 2.75) is 32.2 Å². The van der Waals surface area contributed by atoms with Crippen LogP contribution in [0.15, 0.2) is 42.1 Å². The van der Waals surface area contributed by atoms with E-state index in [4.69, 9.17) is 0 Å². The number of halogens is 1. The molecule has 0 aliphatic heterocycles. The molecule has 1 aromatic rings. The zero-order valence-corrected chi connectivity index (χ0v) is 10.5. The molecule has 0 amide bonds. The van der Waals surface area contributed by atoms with Crippen LogP contribution in [0.25, 0.3) is 0 Å². The Balaban J connectivity index is 2.27. The number of benzene rings is 1. The van der Waals surface area contributed by atoms with E-state index < -0.39 is 9.13 Å². The van der Waals surface area contributed by atoms with Crippen molar-refractivity contribution < 1.29 is 4.11 Å². The Morgan fingerprint density at radius 2 is 2.00 bits per heavy atom. The predicted octanol–water partition coefficient (Wildman–Crippen LogP) is 3.82. The van der Waals surface area contributed by atoms with E-state index in [0.717, 1.165) is 25.3 Å². The summed E-state index contributed by atoms with van der Waals surface area (Å²) in [5.74, 6) is 0. The van der Waals surface area contributed by atoms with Gasteiger partial charge in [-0.25, -0.2) is 0 Å². The van der Waals surface area contributed by atoms with Crippen molar-refractivity contribution in [2.24, 2.45) is 0 Å². The third kappa shape index (κ3) is 5.53. The highest BCUT2D eigenvalue weighted by Crippen LogP contribution is 2.05. The van der Waals surface area contributed by atoms with Gasteiger partial charge >= 0.3 is 0 Å². The van der Waals surface area contributed by atoms with E-state index in [1.54, 1.807) is 0 Å². The van der Waals surface area contributed by atoms with Crippen LogP contribution >= 0.6 is 0 Å². The van der Waals surface area contributed by atoms with Crippen molar-refractivity contribution in [2.75, 3.05) is 0 Å². The fourth-order valence-electron chi connectivity index (χ4n) is 1.46. The van der Waals surface area contributed by atoms with Gasteiger partial charge in [0.15, 0.2) is 0 Å². The van der Waals surface area contributed by atoms with E-state index in [1.165, 1.54) is 5.56 Å². The van der Waals surface area contributed by atoms with Crippen molar-refractivity contribution in [1.82, 2.24) is 0 Å². The molecule has 0 bridgehead atoms. The average molecular weight is 222 g/mol. The maximum atomic E-state index is 13.3. The SMILES string of the molecule is CCCC[SiH](F)C=CCc1ccccc1. The van der Waals surface area contributed by atoms with Crippen molar-refractivity contribution in [3.63, 3.8) is 0 Å². The summed E-state index contributed by atoms with van der Waals surface area (Å²) < 4.78 is 13.3. The maximum absolute atomic E-state index is 13.3. The first-order valence-corrected chi connectivity index (χ1v) is 7.59. The van der Waals surface area contributed by atoms with Crippen LogP contribution in [0.5, 0.6) is 0 Å². The molecule has 0 spiro atoms. The highest BCUT2D eigenvalue weighted by atomic mass is 28.3. The van der Waals surface area contributed by atoms with Gasteiger partial charge < -0.3 is 4.11 Å². The summed E-state index contributed by atoms with van der Waals surface area (Å²) in [5, 5.41) is 0. The molecule has 0 nitrogen and oxygen atoms in total. The Morgan fingerprint density at radius 1 is 1.27 bits per heavy atom. The minimum Gasteiger partial charge on any atom is -0.313 e. The summed E-state index contributed by atoms with van der Waals surface area (Å²) in [6, 6.07) is 11.0. The minimum absolute atomic E-state index is 0.793. The Bertz CT molecular complexity index is 282. The van der Waals surface area contributed by atoms with E-state index in [-0.39, 0.29) is 0 Å². The molecule has 0 aliphatic rings. The second kappa shape index (κ2) is 7.41. The predicted molar refractivity (Wildman–Crippen MR) is 67.3 cm³/mol. The van der Waals surface area contributed by atoms with Gasteiger partial charge in [0.2, 0.25) is 0 Å². The highest BCUT2D eigenvalue weighted by molar-refractivity contribution is 6.56. The first-order chi connectivity index (χ1) is 7.33. The number of hydrogen-bond acceptors (Lipinski definition) is 0.